The Hall–Kier alpha value is -1.54. The molecule has 0 unspecified atom stereocenters. The summed E-state index contributed by atoms with van der Waals surface area (Å²) in [6.45, 7) is 2.25. The van der Waals surface area contributed by atoms with E-state index in [1.807, 2.05) is 0 Å². The first kappa shape index (κ1) is 13.5. The smallest absolute Gasteiger partial charge is 0.336 e. The minimum absolute atomic E-state index is 0.0448. The highest BCUT2D eigenvalue weighted by Crippen LogP contribution is 2.27. The van der Waals surface area contributed by atoms with Gasteiger partial charge in [0.05, 0.1) is 15.7 Å². The predicted octanol–water partition coefficient (Wildman–Crippen LogP) is 3.11. The monoisotopic (exact) mass is 299 g/mol. The maximum Gasteiger partial charge on any atom is 0.336 e. The van der Waals surface area contributed by atoms with Gasteiger partial charge in [-0.25, -0.2) is 9.18 Å². The molecule has 0 spiro atoms. The summed E-state index contributed by atoms with van der Waals surface area (Å²) < 4.78 is 13.7. The van der Waals surface area contributed by atoms with Crippen LogP contribution in [-0.2, 0) is 0 Å². The van der Waals surface area contributed by atoms with Crippen LogP contribution in [0, 0.1) is 17.7 Å². The molecule has 0 amide bonds. The van der Waals surface area contributed by atoms with Crippen LogP contribution in [0.2, 0.25) is 0 Å². The molecule has 17 heavy (non-hydrogen) atoms. The summed E-state index contributed by atoms with van der Waals surface area (Å²) in [4.78, 5) is 10.7. The summed E-state index contributed by atoms with van der Waals surface area (Å²) in [6, 6.07) is 2.76. The molecule has 0 aliphatic carbocycles. The number of hydrogen-bond donors (Lipinski definition) is 2. The quantitative estimate of drug-likeness (QED) is 0.663. The Morgan fingerprint density at radius 1 is 1.59 bits per heavy atom. The molecule has 0 aliphatic rings. The Labute approximate surface area is 107 Å². The Morgan fingerprint density at radius 2 is 2.29 bits per heavy atom. The molecular weight excluding hydrogens is 289 g/mol. The molecule has 90 valence electrons. The number of nitrogens with one attached hydrogen (secondary N) is 1. The van der Waals surface area contributed by atoms with Crippen molar-refractivity contribution in [2.45, 2.75) is 13.3 Å². The Kier molecular flexibility index (Phi) is 4.98. The van der Waals surface area contributed by atoms with E-state index < -0.39 is 11.8 Å². The number of anilines is 1. The second-order valence-corrected chi connectivity index (χ2v) is 3.99. The number of carboxylic acids is 1. The number of carboxylic acid groups (broad SMARTS) is 1. The molecule has 0 aliphatic heterocycles. The molecule has 0 radical (unpaired) electrons. The molecular formula is C12H11BrFNO2. The summed E-state index contributed by atoms with van der Waals surface area (Å²) in [5.41, 5.74) is 0.168. The van der Waals surface area contributed by atoms with Gasteiger partial charge in [-0.15, -0.1) is 11.8 Å². The van der Waals surface area contributed by atoms with Gasteiger partial charge in [-0.3, -0.25) is 0 Å². The van der Waals surface area contributed by atoms with Crippen molar-refractivity contribution >= 4 is 27.6 Å². The van der Waals surface area contributed by atoms with Gasteiger partial charge in [0.1, 0.15) is 0 Å². The molecule has 3 nitrogen and oxygen atoms in total. The van der Waals surface area contributed by atoms with Gasteiger partial charge >= 0.3 is 5.97 Å². The van der Waals surface area contributed by atoms with E-state index >= 15 is 0 Å². The van der Waals surface area contributed by atoms with E-state index in [0.29, 0.717) is 13.0 Å². The van der Waals surface area contributed by atoms with Crippen molar-refractivity contribution in [2.24, 2.45) is 0 Å². The maximum atomic E-state index is 13.7. The first-order valence-electron chi connectivity index (χ1n) is 4.92. The molecule has 1 rings (SSSR count). The largest absolute Gasteiger partial charge is 0.478 e. The van der Waals surface area contributed by atoms with Crippen LogP contribution in [0.5, 0.6) is 0 Å². The molecule has 5 heteroatoms. The highest BCUT2D eigenvalue weighted by atomic mass is 79.9. The van der Waals surface area contributed by atoms with Gasteiger partial charge in [0, 0.05) is 13.0 Å². The molecule has 2 N–H and O–H groups in total. The van der Waals surface area contributed by atoms with E-state index in [1.54, 1.807) is 6.92 Å². The summed E-state index contributed by atoms with van der Waals surface area (Å²) in [5.74, 6) is 3.80. The minimum Gasteiger partial charge on any atom is -0.478 e. The summed E-state index contributed by atoms with van der Waals surface area (Å²) >= 11 is 2.93. The van der Waals surface area contributed by atoms with Crippen molar-refractivity contribution in [3.63, 3.8) is 0 Å². The molecule has 0 saturated heterocycles. The van der Waals surface area contributed by atoms with Crippen LogP contribution in [0.1, 0.15) is 23.7 Å². The van der Waals surface area contributed by atoms with E-state index in [1.165, 1.54) is 12.1 Å². The molecule has 0 fully saturated rings. The third-order valence-electron chi connectivity index (χ3n) is 2.05. The number of halogens is 2. The van der Waals surface area contributed by atoms with Crippen LogP contribution >= 0.6 is 15.9 Å². The highest BCUT2D eigenvalue weighted by molar-refractivity contribution is 9.10. The van der Waals surface area contributed by atoms with E-state index in [2.05, 4.69) is 33.1 Å². The third-order valence-corrected chi connectivity index (χ3v) is 2.83. The fourth-order valence-electron chi connectivity index (χ4n) is 1.24. The summed E-state index contributed by atoms with van der Waals surface area (Å²) in [7, 11) is 0. The molecule has 0 saturated carbocycles. The highest BCUT2D eigenvalue weighted by Gasteiger charge is 2.15. The lowest BCUT2D eigenvalue weighted by molar-refractivity contribution is 0.0695. The van der Waals surface area contributed by atoms with Gasteiger partial charge < -0.3 is 10.4 Å². The fraction of sp³-hybridized carbons (Fsp3) is 0.250. The lowest BCUT2D eigenvalue weighted by atomic mass is 10.2. The molecule has 0 bridgehead atoms. The van der Waals surface area contributed by atoms with Crippen molar-refractivity contribution in [3.05, 3.63) is 28.0 Å². The van der Waals surface area contributed by atoms with Crippen molar-refractivity contribution in [1.29, 1.82) is 0 Å². The van der Waals surface area contributed by atoms with Crippen molar-refractivity contribution < 1.29 is 14.3 Å². The summed E-state index contributed by atoms with van der Waals surface area (Å²) in [6.07, 6.45) is 0.605. The zero-order valence-corrected chi connectivity index (χ0v) is 10.8. The van der Waals surface area contributed by atoms with E-state index in [0.717, 1.165) is 0 Å². The Bertz CT molecular complexity index is 491. The topological polar surface area (TPSA) is 49.3 Å². The van der Waals surface area contributed by atoms with Gasteiger partial charge in [0.25, 0.3) is 0 Å². The Morgan fingerprint density at radius 3 is 2.88 bits per heavy atom. The fourth-order valence-corrected chi connectivity index (χ4v) is 1.75. The van der Waals surface area contributed by atoms with E-state index in [-0.39, 0.29) is 15.7 Å². The number of aromatic carboxylic acids is 1. The van der Waals surface area contributed by atoms with Crippen LogP contribution in [0.3, 0.4) is 0 Å². The number of rotatable bonds is 4. The van der Waals surface area contributed by atoms with Crippen LogP contribution in [-0.4, -0.2) is 17.6 Å². The zero-order chi connectivity index (χ0) is 12.8. The molecule has 0 aromatic heterocycles. The molecule has 1 aromatic rings. The van der Waals surface area contributed by atoms with Crippen LogP contribution in [0.4, 0.5) is 10.1 Å². The number of hydrogen-bond acceptors (Lipinski definition) is 2. The maximum absolute atomic E-state index is 13.7. The van der Waals surface area contributed by atoms with Crippen molar-refractivity contribution in [1.82, 2.24) is 0 Å². The van der Waals surface area contributed by atoms with Gasteiger partial charge in [0.2, 0.25) is 0 Å². The normalized spacial score (nSPS) is 9.35. The van der Waals surface area contributed by atoms with E-state index in [4.69, 9.17) is 5.11 Å². The first-order valence-corrected chi connectivity index (χ1v) is 5.72. The average molecular weight is 300 g/mol. The van der Waals surface area contributed by atoms with Gasteiger partial charge in [0.15, 0.2) is 5.82 Å². The van der Waals surface area contributed by atoms with Crippen molar-refractivity contribution in [2.75, 3.05) is 11.9 Å². The SMILES string of the molecule is CC#CCCNc1ccc(C(=O)O)c(Br)c1F. The molecule has 0 atom stereocenters. The van der Waals surface area contributed by atoms with Crippen LogP contribution in [0.15, 0.2) is 16.6 Å². The zero-order valence-electron chi connectivity index (χ0n) is 9.18. The third kappa shape index (κ3) is 3.46. The average Bonchev–Trinajstić information content (AvgIpc) is 2.29. The molecule has 1 aromatic carbocycles. The lowest BCUT2D eigenvalue weighted by Crippen LogP contribution is -2.06. The van der Waals surface area contributed by atoms with Gasteiger partial charge in [-0.05, 0) is 35.0 Å². The Balaban J connectivity index is 2.84. The van der Waals surface area contributed by atoms with Crippen molar-refractivity contribution in [3.8, 4) is 11.8 Å². The van der Waals surface area contributed by atoms with E-state index in [9.17, 15) is 9.18 Å². The minimum atomic E-state index is -1.17. The van der Waals surface area contributed by atoms with Gasteiger partial charge in [-0.2, -0.15) is 0 Å². The van der Waals surface area contributed by atoms with Crippen LogP contribution in [0.25, 0.3) is 0 Å². The standard InChI is InChI=1S/C12H11BrFNO2/c1-2-3-4-7-15-9-6-5-8(12(16)17)10(13)11(9)14/h5-6,15H,4,7H2,1H3,(H,16,17). The second-order valence-electron chi connectivity index (χ2n) is 3.20. The predicted molar refractivity (Wildman–Crippen MR) is 67.6 cm³/mol. The number of carbonyl (C=O) groups is 1. The molecule has 0 heterocycles. The second kappa shape index (κ2) is 6.26. The summed E-state index contributed by atoms with van der Waals surface area (Å²) in [5, 5.41) is 11.6. The number of benzene rings is 1. The van der Waals surface area contributed by atoms with Gasteiger partial charge in [-0.1, -0.05) is 0 Å². The van der Waals surface area contributed by atoms with Crippen LogP contribution < -0.4 is 5.32 Å². The first-order chi connectivity index (χ1) is 8.07. The lowest BCUT2D eigenvalue weighted by Gasteiger charge is -2.08.